The zero-order chi connectivity index (χ0) is 26.2. The van der Waals surface area contributed by atoms with Crippen LogP contribution in [-0.4, -0.2) is 37.0 Å². The quantitative estimate of drug-likeness (QED) is 0.340. The molecular weight excluding hydrogens is 523 g/mol. The highest BCUT2D eigenvalue weighted by atomic mass is 35.5. The highest BCUT2D eigenvalue weighted by Crippen LogP contribution is 2.28. The van der Waals surface area contributed by atoms with Gasteiger partial charge in [-0.2, -0.15) is 0 Å². The van der Waals surface area contributed by atoms with Crippen molar-refractivity contribution in [3.63, 3.8) is 0 Å². The molecule has 0 aliphatic rings. The zero-order valence-corrected chi connectivity index (χ0v) is 22.5. The molecule has 0 fully saturated rings. The fourth-order valence-electron chi connectivity index (χ4n) is 3.63. The van der Waals surface area contributed by atoms with E-state index in [2.05, 4.69) is 5.32 Å². The first kappa shape index (κ1) is 27.7. The zero-order valence-electron chi connectivity index (χ0n) is 20.2. The molecule has 3 aromatic carbocycles. The predicted molar refractivity (Wildman–Crippen MR) is 143 cm³/mol. The summed E-state index contributed by atoms with van der Waals surface area (Å²) in [5.74, 6) is 0.568. The smallest absolute Gasteiger partial charge is 0.242 e. The summed E-state index contributed by atoms with van der Waals surface area (Å²) in [6.07, 6.45) is 0.0780. The number of halogens is 3. The Morgan fingerprint density at radius 2 is 1.50 bits per heavy atom. The lowest BCUT2D eigenvalue weighted by Gasteiger charge is -2.29. The Labute approximate surface area is 226 Å². The second-order valence-electron chi connectivity index (χ2n) is 8.14. The fourth-order valence-corrected chi connectivity index (χ4v) is 4.23. The van der Waals surface area contributed by atoms with Gasteiger partial charge in [0.05, 0.1) is 20.6 Å². The van der Waals surface area contributed by atoms with Crippen molar-refractivity contribution in [1.29, 1.82) is 0 Å². The maximum atomic E-state index is 13.5. The Morgan fingerprint density at radius 1 is 0.861 bits per heavy atom. The second kappa shape index (κ2) is 12.9. The van der Waals surface area contributed by atoms with Crippen LogP contribution in [0.1, 0.15) is 23.6 Å². The maximum Gasteiger partial charge on any atom is 0.242 e. The molecule has 0 unspecified atom stereocenters. The molecule has 1 atom stereocenters. The number of hydrogen-bond acceptors (Lipinski definition) is 4. The van der Waals surface area contributed by atoms with E-state index in [1.807, 2.05) is 12.1 Å². The van der Waals surface area contributed by atoms with Gasteiger partial charge in [-0.05, 0) is 60.0 Å². The molecule has 0 spiro atoms. The summed E-state index contributed by atoms with van der Waals surface area (Å²) < 4.78 is 10.6. The van der Waals surface area contributed by atoms with E-state index < -0.39 is 6.04 Å². The molecule has 0 radical (unpaired) electrons. The van der Waals surface area contributed by atoms with Crippen molar-refractivity contribution in [3.05, 3.63) is 92.4 Å². The molecule has 0 heterocycles. The topological polar surface area (TPSA) is 67.9 Å². The van der Waals surface area contributed by atoms with Crippen LogP contribution in [0.5, 0.6) is 11.5 Å². The Bertz CT molecular complexity index is 1220. The first-order valence-electron chi connectivity index (χ1n) is 11.2. The van der Waals surface area contributed by atoms with Gasteiger partial charge < -0.3 is 19.7 Å². The van der Waals surface area contributed by atoms with Crippen molar-refractivity contribution in [1.82, 2.24) is 10.2 Å². The fraction of sp³-hybridized carbons (Fsp3) is 0.259. The summed E-state index contributed by atoms with van der Waals surface area (Å²) in [6.45, 7) is 2.14. The van der Waals surface area contributed by atoms with Crippen LogP contribution in [0.15, 0.2) is 60.7 Å². The summed E-state index contributed by atoms with van der Waals surface area (Å²) in [6, 6.07) is 16.8. The van der Waals surface area contributed by atoms with Crippen molar-refractivity contribution in [2.75, 3.05) is 14.2 Å². The van der Waals surface area contributed by atoms with Gasteiger partial charge in [0.2, 0.25) is 11.8 Å². The number of rotatable bonds is 10. The Hall–Kier alpha value is -2.93. The first-order chi connectivity index (χ1) is 17.2. The molecule has 0 aliphatic carbocycles. The third kappa shape index (κ3) is 7.29. The number of nitrogens with zero attached hydrogens (tertiary/aromatic N) is 1. The van der Waals surface area contributed by atoms with Crippen molar-refractivity contribution in [2.45, 2.75) is 32.5 Å². The van der Waals surface area contributed by atoms with Gasteiger partial charge >= 0.3 is 0 Å². The molecular formula is C27H27Cl3N2O4. The molecule has 36 heavy (non-hydrogen) atoms. The van der Waals surface area contributed by atoms with Crippen molar-refractivity contribution in [3.8, 4) is 11.5 Å². The standard InChI is InChI=1S/C27H27Cl3N2O4/c1-17(27(34)31-15-20-7-10-22(29)14-23(20)30)32(16-18-4-8-21(28)9-5-18)26(33)13-19-6-11-24(35-2)25(12-19)36-3/h4-12,14,17H,13,15-16H2,1-3H3,(H,31,34)/t17-/m1/s1. The Morgan fingerprint density at radius 3 is 2.14 bits per heavy atom. The van der Waals surface area contributed by atoms with Gasteiger partial charge in [-0.15, -0.1) is 0 Å². The highest BCUT2D eigenvalue weighted by Gasteiger charge is 2.26. The first-order valence-corrected chi connectivity index (χ1v) is 12.3. The number of benzene rings is 3. The molecule has 2 amide bonds. The molecule has 9 heteroatoms. The summed E-state index contributed by atoms with van der Waals surface area (Å²) in [5, 5.41) is 4.43. The van der Waals surface area contributed by atoms with Crippen molar-refractivity contribution < 1.29 is 19.1 Å². The number of nitrogens with one attached hydrogen (secondary N) is 1. The number of carbonyl (C=O) groups excluding carboxylic acids is 2. The summed E-state index contributed by atoms with van der Waals surface area (Å²) in [7, 11) is 3.09. The Balaban J connectivity index is 1.79. The van der Waals surface area contributed by atoms with Crippen LogP contribution in [0, 0.1) is 0 Å². The van der Waals surface area contributed by atoms with E-state index in [4.69, 9.17) is 44.3 Å². The third-order valence-electron chi connectivity index (χ3n) is 5.70. The van der Waals surface area contributed by atoms with Crippen LogP contribution >= 0.6 is 34.8 Å². The highest BCUT2D eigenvalue weighted by molar-refractivity contribution is 6.35. The number of carbonyl (C=O) groups is 2. The van der Waals surface area contributed by atoms with Crippen molar-refractivity contribution in [2.24, 2.45) is 0 Å². The van der Waals surface area contributed by atoms with Crippen LogP contribution < -0.4 is 14.8 Å². The van der Waals surface area contributed by atoms with Crippen LogP contribution in [-0.2, 0) is 29.1 Å². The Kier molecular flexibility index (Phi) is 9.88. The monoisotopic (exact) mass is 548 g/mol. The van der Waals surface area contributed by atoms with Crippen LogP contribution in [0.25, 0.3) is 0 Å². The normalized spacial score (nSPS) is 11.5. The molecule has 3 rings (SSSR count). The van der Waals surface area contributed by atoms with Gasteiger partial charge in [0.25, 0.3) is 0 Å². The lowest BCUT2D eigenvalue weighted by Crippen LogP contribution is -2.48. The van der Waals surface area contributed by atoms with E-state index in [0.29, 0.717) is 26.6 Å². The molecule has 3 aromatic rings. The van der Waals surface area contributed by atoms with E-state index in [1.54, 1.807) is 67.5 Å². The van der Waals surface area contributed by atoms with Gasteiger partial charge in [0.1, 0.15) is 6.04 Å². The summed E-state index contributed by atoms with van der Waals surface area (Å²) >= 11 is 18.2. The van der Waals surface area contributed by atoms with Gasteiger partial charge in [0.15, 0.2) is 11.5 Å². The van der Waals surface area contributed by atoms with E-state index >= 15 is 0 Å². The maximum absolute atomic E-state index is 13.5. The average molecular weight is 550 g/mol. The lowest BCUT2D eigenvalue weighted by atomic mass is 10.1. The van der Waals surface area contributed by atoms with E-state index in [0.717, 1.165) is 16.7 Å². The minimum Gasteiger partial charge on any atom is -0.493 e. The molecule has 190 valence electrons. The van der Waals surface area contributed by atoms with Crippen LogP contribution in [0.4, 0.5) is 0 Å². The van der Waals surface area contributed by atoms with Gasteiger partial charge in [0, 0.05) is 28.2 Å². The van der Waals surface area contributed by atoms with Gasteiger partial charge in [-0.3, -0.25) is 9.59 Å². The molecule has 6 nitrogen and oxygen atoms in total. The largest absolute Gasteiger partial charge is 0.493 e. The molecule has 0 bridgehead atoms. The third-order valence-corrected chi connectivity index (χ3v) is 6.54. The SMILES string of the molecule is COc1ccc(CC(=O)N(Cc2ccc(Cl)cc2)[C@H](C)C(=O)NCc2ccc(Cl)cc2Cl)cc1OC. The molecule has 0 aromatic heterocycles. The van der Waals surface area contributed by atoms with E-state index in [9.17, 15) is 9.59 Å². The van der Waals surface area contributed by atoms with Gasteiger partial charge in [-0.25, -0.2) is 0 Å². The summed E-state index contributed by atoms with van der Waals surface area (Å²) in [5.41, 5.74) is 2.31. The van der Waals surface area contributed by atoms with E-state index in [1.165, 1.54) is 7.11 Å². The summed E-state index contributed by atoms with van der Waals surface area (Å²) in [4.78, 5) is 28.1. The molecule has 1 N–H and O–H groups in total. The molecule has 0 aliphatic heterocycles. The van der Waals surface area contributed by atoms with Gasteiger partial charge in [-0.1, -0.05) is 59.1 Å². The predicted octanol–water partition coefficient (Wildman–Crippen LogP) is 5.94. The minimum absolute atomic E-state index is 0.0780. The van der Waals surface area contributed by atoms with Crippen LogP contribution in [0.2, 0.25) is 15.1 Å². The molecule has 0 saturated carbocycles. The number of hydrogen-bond donors (Lipinski definition) is 1. The lowest BCUT2D eigenvalue weighted by molar-refractivity contribution is -0.140. The van der Waals surface area contributed by atoms with E-state index in [-0.39, 0.29) is 31.3 Å². The number of methoxy groups -OCH3 is 2. The minimum atomic E-state index is -0.751. The van der Waals surface area contributed by atoms with Crippen LogP contribution in [0.3, 0.4) is 0 Å². The number of ether oxygens (including phenoxy) is 2. The number of amides is 2. The second-order valence-corrected chi connectivity index (χ2v) is 9.42. The molecule has 0 saturated heterocycles. The average Bonchev–Trinajstić information content (AvgIpc) is 2.87. The van der Waals surface area contributed by atoms with Crippen molar-refractivity contribution >= 4 is 46.6 Å².